The highest BCUT2D eigenvalue weighted by atomic mass is 32.1. The number of carbonyl (C=O) groups is 1. The van der Waals surface area contributed by atoms with E-state index in [1.807, 2.05) is 43.8 Å². The van der Waals surface area contributed by atoms with Crippen LogP contribution in [0.2, 0.25) is 0 Å². The number of thiophene rings is 1. The molecule has 6 heterocycles. The van der Waals surface area contributed by atoms with Crippen molar-refractivity contribution in [2.75, 3.05) is 0 Å². The Morgan fingerprint density at radius 3 is 2.72 bits per heavy atom. The summed E-state index contributed by atoms with van der Waals surface area (Å²) < 4.78 is 1.77. The van der Waals surface area contributed by atoms with E-state index in [1.165, 1.54) is 11.3 Å². The van der Waals surface area contributed by atoms with Gasteiger partial charge in [0.2, 0.25) is 0 Å². The standard InChI is InChI=1S/C23H17N7OS/c1-12(31)19-3-4-20(32-19)22-15-8-18(27-17(15)5-6-24-22)21-16-7-13(9-25-23(16)29-28-21)14-10-26-30(2)11-14/h3-11,27H,1-2H3,(H,25,28,29). The molecule has 156 valence electrons. The lowest BCUT2D eigenvalue weighted by Crippen LogP contribution is -1.84. The number of pyridine rings is 2. The molecule has 0 aliphatic rings. The van der Waals surface area contributed by atoms with Crippen molar-refractivity contribution in [3.63, 3.8) is 0 Å². The van der Waals surface area contributed by atoms with Crippen LogP contribution in [0.25, 0.3) is 55.0 Å². The number of hydrogen-bond acceptors (Lipinski definition) is 6. The number of ketones is 1. The van der Waals surface area contributed by atoms with Gasteiger partial charge in [-0.1, -0.05) is 0 Å². The van der Waals surface area contributed by atoms with E-state index in [9.17, 15) is 4.79 Å². The molecule has 0 aliphatic heterocycles. The number of aromatic nitrogens is 7. The number of rotatable bonds is 4. The van der Waals surface area contributed by atoms with Crippen LogP contribution < -0.4 is 0 Å². The Balaban J connectivity index is 1.49. The highest BCUT2D eigenvalue weighted by Crippen LogP contribution is 2.36. The molecule has 8 nitrogen and oxygen atoms in total. The molecule has 0 spiro atoms. The number of aryl methyl sites for hydroxylation is 1. The summed E-state index contributed by atoms with van der Waals surface area (Å²) in [5.74, 6) is 0.0584. The first-order chi connectivity index (χ1) is 15.6. The molecular formula is C23H17N7OS. The Hall–Kier alpha value is -4.11. The topological polar surface area (TPSA) is 105 Å². The van der Waals surface area contributed by atoms with E-state index in [1.54, 1.807) is 17.8 Å². The Morgan fingerprint density at radius 2 is 1.94 bits per heavy atom. The van der Waals surface area contributed by atoms with Gasteiger partial charge < -0.3 is 4.98 Å². The van der Waals surface area contributed by atoms with Crippen LogP contribution in [0.3, 0.4) is 0 Å². The zero-order valence-electron chi connectivity index (χ0n) is 17.2. The second-order valence-electron chi connectivity index (χ2n) is 7.62. The molecule has 9 heteroatoms. The van der Waals surface area contributed by atoms with Crippen molar-refractivity contribution >= 4 is 39.1 Å². The number of fused-ring (bicyclic) bond motifs is 2. The summed E-state index contributed by atoms with van der Waals surface area (Å²) in [6.45, 7) is 1.58. The molecule has 6 rings (SSSR count). The van der Waals surface area contributed by atoms with Crippen LogP contribution in [0.1, 0.15) is 16.6 Å². The fraction of sp³-hybridized carbons (Fsp3) is 0.0870. The van der Waals surface area contributed by atoms with Gasteiger partial charge in [0.1, 0.15) is 5.69 Å². The zero-order chi connectivity index (χ0) is 21.8. The molecule has 0 aliphatic carbocycles. The maximum absolute atomic E-state index is 11.7. The number of Topliss-reactive ketones (excluding diaryl/α,β-unsaturated/α-hetero) is 1. The monoisotopic (exact) mass is 439 g/mol. The smallest absolute Gasteiger partial charge is 0.169 e. The second-order valence-corrected chi connectivity index (χ2v) is 8.70. The van der Waals surface area contributed by atoms with Crippen LogP contribution in [0.5, 0.6) is 0 Å². The Kier molecular flexibility index (Phi) is 4.05. The molecular weight excluding hydrogens is 422 g/mol. The van der Waals surface area contributed by atoms with Crippen LogP contribution in [0, 0.1) is 0 Å². The number of carbonyl (C=O) groups excluding carboxylic acids is 1. The van der Waals surface area contributed by atoms with Gasteiger partial charge >= 0.3 is 0 Å². The molecule has 0 saturated carbocycles. The van der Waals surface area contributed by atoms with Crippen molar-refractivity contribution < 1.29 is 4.79 Å². The molecule has 0 radical (unpaired) electrons. The molecule has 32 heavy (non-hydrogen) atoms. The zero-order valence-corrected chi connectivity index (χ0v) is 18.1. The van der Waals surface area contributed by atoms with Gasteiger partial charge in [-0.3, -0.25) is 19.6 Å². The molecule has 6 aromatic heterocycles. The van der Waals surface area contributed by atoms with E-state index in [0.29, 0.717) is 5.65 Å². The third kappa shape index (κ3) is 2.94. The second kappa shape index (κ2) is 6.96. The molecule has 0 fully saturated rings. The predicted octanol–water partition coefficient (Wildman–Crippen LogP) is 4.83. The lowest BCUT2D eigenvalue weighted by Gasteiger charge is -1.98. The van der Waals surface area contributed by atoms with Gasteiger partial charge in [-0.15, -0.1) is 11.3 Å². The lowest BCUT2D eigenvalue weighted by molar-refractivity contribution is 0.102. The largest absolute Gasteiger partial charge is 0.353 e. The fourth-order valence-corrected chi connectivity index (χ4v) is 4.78. The number of aromatic amines is 2. The first kappa shape index (κ1) is 18.6. The number of H-pyrrole nitrogens is 2. The summed E-state index contributed by atoms with van der Waals surface area (Å²) in [4.78, 5) is 26.0. The van der Waals surface area contributed by atoms with Crippen LogP contribution in [0.4, 0.5) is 0 Å². The number of hydrogen-bond donors (Lipinski definition) is 2. The van der Waals surface area contributed by atoms with Crippen molar-refractivity contribution in [1.29, 1.82) is 0 Å². The van der Waals surface area contributed by atoms with E-state index in [4.69, 9.17) is 0 Å². The molecule has 0 amide bonds. The summed E-state index contributed by atoms with van der Waals surface area (Å²) in [5.41, 5.74) is 6.14. The molecule has 0 bridgehead atoms. The summed E-state index contributed by atoms with van der Waals surface area (Å²) in [6, 6.07) is 9.86. The van der Waals surface area contributed by atoms with Gasteiger partial charge in [0.15, 0.2) is 11.4 Å². The molecule has 0 unspecified atom stereocenters. The number of nitrogens with zero attached hydrogens (tertiary/aromatic N) is 5. The van der Waals surface area contributed by atoms with Crippen molar-refractivity contribution in [3.8, 4) is 33.1 Å². The van der Waals surface area contributed by atoms with Crippen molar-refractivity contribution in [2.24, 2.45) is 7.05 Å². The third-order valence-corrected chi connectivity index (χ3v) is 6.64. The summed E-state index contributed by atoms with van der Waals surface area (Å²) in [6.07, 6.45) is 7.37. The minimum atomic E-state index is 0.0584. The van der Waals surface area contributed by atoms with E-state index in [2.05, 4.69) is 42.4 Å². The van der Waals surface area contributed by atoms with E-state index >= 15 is 0 Å². The molecule has 6 aromatic rings. The summed E-state index contributed by atoms with van der Waals surface area (Å²) >= 11 is 1.45. The van der Waals surface area contributed by atoms with Crippen molar-refractivity contribution in [1.82, 2.24) is 34.9 Å². The number of nitrogens with one attached hydrogen (secondary N) is 2. The van der Waals surface area contributed by atoms with Gasteiger partial charge in [-0.05, 0) is 37.3 Å². The summed E-state index contributed by atoms with van der Waals surface area (Å²) in [5, 5.41) is 13.7. The van der Waals surface area contributed by atoms with Gasteiger partial charge in [0.05, 0.1) is 27.3 Å². The first-order valence-corrected chi connectivity index (χ1v) is 10.8. The van der Waals surface area contributed by atoms with E-state index in [0.717, 1.165) is 54.3 Å². The van der Waals surface area contributed by atoms with Gasteiger partial charge in [0, 0.05) is 53.1 Å². The average Bonchev–Trinajstić information content (AvgIpc) is 3.56. The van der Waals surface area contributed by atoms with Crippen LogP contribution in [0.15, 0.2) is 55.1 Å². The lowest BCUT2D eigenvalue weighted by atomic mass is 10.1. The Bertz CT molecular complexity index is 1630. The average molecular weight is 440 g/mol. The quantitative estimate of drug-likeness (QED) is 0.383. The molecule has 0 saturated heterocycles. The minimum Gasteiger partial charge on any atom is -0.353 e. The molecule has 0 aromatic carbocycles. The first-order valence-electron chi connectivity index (χ1n) is 9.99. The highest BCUT2D eigenvalue weighted by molar-refractivity contribution is 7.17. The Labute approximate surface area is 186 Å². The highest BCUT2D eigenvalue weighted by Gasteiger charge is 2.17. The molecule has 0 atom stereocenters. The summed E-state index contributed by atoms with van der Waals surface area (Å²) in [7, 11) is 1.89. The maximum Gasteiger partial charge on any atom is 0.169 e. The van der Waals surface area contributed by atoms with Crippen LogP contribution >= 0.6 is 11.3 Å². The maximum atomic E-state index is 11.7. The van der Waals surface area contributed by atoms with Crippen molar-refractivity contribution in [2.45, 2.75) is 6.92 Å². The van der Waals surface area contributed by atoms with E-state index in [-0.39, 0.29) is 5.78 Å². The van der Waals surface area contributed by atoms with Crippen LogP contribution in [-0.4, -0.2) is 40.7 Å². The third-order valence-electron chi connectivity index (χ3n) is 5.44. The van der Waals surface area contributed by atoms with Gasteiger partial charge in [-0.25, -0.2) is 4.98 Å². The van der Waals surface area contributed by atoms with Crippen LogP contribution in [-0.2, 0) is 7.05 Å². The Morgan fingerprint density at radius 1 is 1.03 bits per heavy atom. The molecule has 2 N–H and O–H groups in total. The van der Waals surface area contributed by atoms with Gasteiger partial charge in [0.25, 0.3) is 0 Å². The van der Waals surface area contributed by atoms with Crippen molar-refractivity contribution in [3.05, 3.63) is 60.0 Å². The fourth-order valence-electron chi connectivity index (χ4n) is 3.87. The predicted molar refractivity (Wildman–Crippen MR) is 124 cm³/mol. The normalized spacial score (nSPS) is 11.6. The van der Waals surface area contributed by atoms with Gasteiger partial charge in [-0.2, -0.15) is 10.2 Å². The van der Waals surface area contributed by atoms with E-state index < -0.39 is 0 Å². The minimum absolute atomic E-state index is 0.0584. The SMILES string of the molecule is CC(=O)c1ccc(-c2nccc3[nH]c(-c4n[nH]c5ncc(-c6cnn(C)c6)cc45)cc23)s1.